The molecule has 210 valence electrons. The number of hydrogen-bond donors (Lipinski definition) is 3. The Morgan fingerprint density at radius 1 is 0.951 bits per heavy atom. The Hall–Kier alpha value is -4.64. The molecule has 3 aromatic heterocycles. The van der Waals surface area contributed by atoms with Crippen molar-refractivity contribution < 1.29 is 9.53 Å². The van der Waals surface area contributed by atoms with E-state index in [-0.39, 0.29) is 18.0 Å². The van der Waals surface area contributed by atoms with Crippen LogP contribution in [0.25, 0.3) is 11.5 Å². The van der Waals surface area contributed by atoms with E-state index >= 15 is 0 Å². The van der Waals surface area contributed by atoms with E-state index in [9.17, 15) is 4.79 Å². The number of nitrogens with one attached hydrogen (secondary N) is 3. The minimum atomic E-state index is -0.0928. The molecule has 2 aliphatic heterocycles. The molecule has 2 fully saturated rings. The van der Waals surface area contributed by atoms with Crippen LogP contribution in [0.2, 0.25) is 0 Å². The quantitative estimate of drug-likeness (QED) is 0.272. The third-order valence-corrected chi connectivity index (χ3v) is 7.23. The van der Waals surface area contributed by atoms with Crippen molar-refractivity contribution in [3.8, 4) is 11.5 Å². The van der Waals surface area contributed by atoms with Gasteiger partial charge in [-0.05, 0) is 81.3 Å². The fourth-order valence-electron chi connectivity index (χ4n) is 5.12. The number of carbonyl (C=O) groups excluding carboxylic acids is 1. The number of nitrogens with zero attached hydrogens (tertiary/aromatic N) is 6. The first-order chi connectivity index (χ1) is 20.1. The first-order valence-electron chi connectivity index (χ1n) is 14.0. The Morgan fingerprint density at radius 2 is 1.78 bits per heavy atom. The summed E-state index contributed by atoms with van der Waals surface area (Å²) in [5.74, 6) is 2.03. The van der Waals surface area contributed by atoms with Crippen LogP contribution in [0.5, 0.6) is 0 Å². The van der Waals surface area contributed by atoms with Crippen molar-refractivity contribution in [2.24, 2.45) is 5.92 Å². The fourth-order valence-corrected chi connectivity index (χ4v) is 5.12. The van der Waals surface area contributed by atoms with E-state index in [4.69, 9.17) is 4.74 Å². The smallest absolute Gasteiger partial charge is 0.311 e. The Kier molecular flexibility index (Phi) is 7.94. The lowest BCUT2D eigenvalue weighted by atomic mass is 9.97. The molecule has 5 heterocycles. The number of aromatic nitrogens is 5. The molecule has 0 aliphatic carbocycles. The molecule has 3 N–H and O–H groups in total. The maximum atomic E-state index is 12.7. The second-order valence-electron chi connectivity index (χ2n) is 10.3. The van der Waals surface area contributed by atoms with Gasteiger partial charge in [-0.2, -0.15) is 4.98 Å². The molecule has 2 atom stereocenters. The van der Waals surface area contributed by atoms with Crippen LogP contribution in [-0.4, -0.2) is 63.2 Å². The summed E-state index contributed by atoms with van der Waals surface area (Å²) in [6, 6.07) is 17.4. The zero-order valence-electron chi connectivity index (χ0n) is 23.0. The Morgan fingerprint density at radius 3 is 2.59 bits per heavy atom. The van der Waals surface area contributed by atoms with Gasteiger partial charge in [0.15, 0.2) is 5.82 Å². The molecule has 1 aromatic carbocycles. The summed E-state index contributed by atoms with van der Waals surface area (Å²) in [6.45, 7) is 5.20. The second kappa shape index (κ2) is 12.3. The molecule has 0 saturated carbocycles. The number of rotatable bonds is 8. The number of benzene rings is 1. The van der Waals surface area contributed by atoms with Crippen molar-refractivity contribution in [1.29, 1.82) is 0 Å². The highest BCUT2D eigenvalue weighted by molar-refractivity contribution is 5.74. The van der Waals surface area contributed by atoms with Crippen molar-refractivity contribution in [2.45, 2.75) is 32.3 Å². The third kappa shape index (κ3) is 6.75. The van der Waals surface area contributed by atoms with Gasteiger partial charge in [0.25, 0.3) is 0 Å². The van der Waals surface area contributed by atoms with E-state index in [1.165, 1.54) is 0 Å². The van der Waals surface area contributed by atoms with Gasteiger partial charge in [0, 0.05) is 49.1 Å². The van der Waals surface area contributed by atoms with Crippen LogP contribution in [0.1, 0.15) is 25.0 Å². The molecule has 0 radical (unpaired) electrons. The van der Waals surface area contributed by atoms with Crippen LogP contribution in [-0.2, 0) is 9.53 Å². The average molecular weight is 552 g/mol. The maximum Gasteiger partial charge on any atom is 0.311 e. The van der Waals surface area contributed by atoms with Gasteiger partial charge in [-0.25, -0.2) is 19.9 Å². The fraction of sp³-hybridized carbons (Fsp3) is 0.333. The van der Waals surface area contributed by atoms with Gasteiger partial charge in [0.2, 0.25) is 5.95 Å². The van der Waals surface area contributed by atoms with E-state index in [0.29, 0.717) is 35.6 Å². The summed E-state index contributed by atoms with van der Waals surface area (Å²) >= 11 is 0. The van der Waals surface area contributed by atoms with Crippen molar-refractivity contribution in [3.05, 3.63) is 72.7 Å². The van der Waals surface area contributed by atoms with Crippen LogP contribution in [0, 0.1) is 12.8 Å². The van der Waals surface area contributed by atoms with Crippen molar-refractivity contribution >= 4 is 34.9 Å². The summed E-state index contributed by atoms with van der Waals surface area (Å²) in [7, 11) is 0. The number of anilines is 5. The number of piperidine rings is 1. The lowest BCUT2D eigenvalue weighted by molar-refractivity contribution is -0.153. The molecule has 6 rings (SSSR count). The number of aryl methyl sites for hydroxylation is 1. The van der Waals surface area contributed by atoms with E-state index in [0.717, 1.165) is 56.0 Å². The standard InChI is InChI=1S/C30H33N9O2/c1-20-4-2-6-25(34-20)28-32-15-12-26(37-28)36-27-13-16-33-30(38-27)35-22-7-9-23(10-8-22)39-17-3-5-21(19-39)29(40)41-24-11-14-31-18-24/h2,4,6-10,12-13,15-16,21,24,31H,3,5,11,14,17-19H2,1H3,(H2,32,33,35,36,37,38). The Labute approximate surface area is 238 Å². The van der Waals surface area contributed by atoms with Gasteiger partial charge in [0.1, 0.15) is 23.4 Å². The van der Waals surface area contributed by atoms with E-state index in [2.05, 4.69) is 57.9 Å². The average Bonchev–Trinajstić information content (AvgIpc) is 3.51. The topological polar surface area (TPSA) is 130 Å². The lowest BCUT2D eigenvalue weighted by Gasteiger charge is -2.33. The molecule has 2 saturated heterocycles. The van der Waals surface area contributed by atoms with Crippen LogP contribution >= 0.6 is 0 Å². The highest BCUT2D eigenvalue weighted by atomic mass is 16.5. The number of hydrogen-bond acceptors (Lipinski definition) is 11. The number of ether oxygens (including phenoxy) is 1. The molecule has 0 amide bonds. The zero-order chi connectivity index (χ0) is 28.0. The first kappa shape index (κ1) is 26.6. The van der Waals surface area contributed by atoms with Gasteiger partial charge in [-0.1, -0.05) is 6.07 Å². The van der Waals surface area contributed by atoms with Gasteiger partial charge in [-0.15, -0.1) is 0 Å². The van der Waals surface area contributed by atoms with Crippen LogP contribution in [0.3, 0.4) is 0 Å². The summed E-state index contributed by atoms with van der Waals surface area (Å²) < 4.78 is 5.73. The summed E-state index contributed by atoms with van der Waals surface area (Å²) in [5, 5.41) is 9.74. The summed E-state index contributed by atoms with van der Waals surface area (Å²) in [5.41, 5.74) is 3.56. The van der Waals surface area contributed by atoms with Gasteiger partial charge in [0.05, 0.1) is 5.92 Å². The van der Waals surface area contributed by atoms with Crippen molar-refractivity contribution in [3.63, 3.8) is 0 Å². The van der Waals surface area contributed by atoms with Crippen molar-refractivity contribution in [2.75, 3.05) is 41.7 Å². The maximum absolute atomic E-state index is 12.7. The number of carbonyl (C=O) groups is 1. The molecule has 11 nitrogen and oxygen atoms in total. The monoisotopic (exact) mass is 551 g/mol. The zero-order valence-corrected chi connectivity index (χ0v) is 23.0. The van der Waals surface area contributed by atoms with Crippen molar-refractivity contribution in [1.82, 2.24) is 30.2 Å². The van der Waals surface area contributed by atoms with E-state index < -0.39 is 0 Å². The Balaban J connectivity index is 1.07. The van der Waals surface area contributed by atoms with Crippen LogP contribution in [0.4, 0.5) is 29.0 Å². The molecule has 4 aromatic rings. The predicted molar refractivity (Wildman–Crippen MR) is 157 cm³/mol. The SMILES string of the molecule is Cc1cccc(-c2nccc(Nc3ccnc(Nc4ccc(N5CCCC(C(=O)OC6CCNC6)C5)cc4)n3)n2)n1. The number of pyridine rings is 1. The van der Waals surface area contributed by atoms with Gasteiger partial charge < -0.3 is 25.6 Å². The molecule has 2 aliphatic rings. The highest BCUT2D eigenvalue weighted by Gasteiger charge is 2.30. The predicted octanol–water partition coefficient (Wildman–Crippen LogP) is 4.25. The number of esters is 1. The lowest BCUT2D eigenvalue weighted by Crippen LogP contribution is -2.40. The third-order valence-electron chi connectivity index (χ3n) is 7.23. The van der Waals surface area contributed by atoms with Crippen LogP contribution in [0.15, 0.2) is 67.0 Å². The minimum absolute atomic E-state index is 0.00788. The van der Waals surface area contributed by atoms with Gasteiger partial charge >= 0.3 is 5.97 Å². The summed E-state index contributed by atoms with van der Waals surface area (Å²) in [4.78, 5) is 37.4. The Bertz CT molecular complexity index is 1490. The molecule has 0 bridgehead atoms. The van der Waals surface area contributed by atoms with E-state index in [1.807, 2.05) is 37.3 Å². The molecule has 11 heteroatoms. The first-order valence-corrected chi connectivity index (χ1v) is 14.0. The second-order valence-corrected chi connectivity index (χ2v) is 10.3. The van der Waals surface area contributed by atoms with Gasteiger partial charge in [-0.3, -0.25) is 4.79 Å². The summed E-state index contributed by atoms with van der Waals surface area (Å²) in [6.07, 6.45) is 6.12. The van der Waals surface area contributed by atoms with E-state index in [1.54, 1.807) is 24.5 Å². The normalized spacial score (nSPS) is 18.6. The highest BCUT2D eigenvalue weighted by Crippen LogP contribution is 2.27. The molecule has 2 unspecified atom stereocenters. The molecular formula is C30H33N9O2. The largest absolute Gasteiger partial charge is 0.461 e. The molecular weight excluding hydrogens is 518 g/mol. The minimum Gasteiger partial charge on any atom is -0.461 e. The van der Waals surface area contributed by atoms with Crippen LogP contribution < -0.4 is 20.9 Å². The molecule has 41 heavy (non-hydrogen) atoms. The molecule has 0 spiro atoms.